The fourth-order valence-corrected chi connectivity index (χ4v) is 6.90. The number of carbonyl (C=O) groups is 6. The van der Waals surface area contributed by atoms with Crippen LogP contribution in [0.4, 0.5) is 0 Å². The van der Waals surface area contributed by atoms with Crippen molar-refractivity contribution in [2.75, 3.05) is 0 Å². The van der Waals surface area contributed by atoms with Crippen LogP contribution in [0.5, 0.6) is 0 Å². The standard InChI is InChI=1S/C31H24O12/c1-11-5-10-16(27(34)35)22(29(38)39)17(11)23-21(14-3-2-4-15(26(32)33)20(14)28(36)37)18-12-6-8-13(9-7-12)19(18)24(30(40)41)25(23)31(42)43/h2-4,10,12-13H,1,5-9H2,(H,32,33)(H,34,35)(H,36,37)(H,38,39)(H,40,41)(H,42,43). The second kappa shape index (κ2) is 10.4. The second-order valence-corrected chi connectivity index (χ2v) is 10.6. The zero-order chi connectivity index (χ0) is 31.5. The SMILES string of the molecule is C=C1CC=C(C(=O)O)C(C(=O)O)=C1c1c(C(=O)O)c(C(=O)O)c2c(c1-c1cccc(C(=O)O)c1C(=O)O)C1CCC2CC1. The monoisotopic (exact) mass is 588 g/mol. The Morgan fingerprint density at radius 1 is 0.628 bits per heavy atom. The number of fused-ring (bicyclic) bond motifs is 2. The summed E-state index contributed by atoms with van der Waals surface area (Å²) in [5, 5.41) is 61.2. The summed E-state index contributed by atoms with van der Waals surface area (Å²) in [6.07, 6.45) is 2.96. The highest BCUT2D eigenvalue weighted by Crippen LogP contribution is 2.57. The molecule has 0 radical (unpaired) electrons. The van der Waals surface area contributed by atoms with Crippen LogP contribution in [0.3, 0.4) is 0 Å². The van der Waals surface area contributed by atoms with Crippen molar-refractivity contribution in [1.82, 2.24) is 0 Å². The number of hydrogen-bond acceptors (Lipinski definition) is 6. The van der Waals surface area contributed by atoms with Gasteiger partial charge >= 0.3 is 35.8 Å². The molecule has 0 saturated heterocycles. The van der Waals surface area contributed by atoms with Gasteiger partial charge in [0.1, 0.15) is 0 Å². The van der Waals surface area contributed by atoms with E-state index in [0.717, 1.165) is 12.1 Å². The Bertz CT molecular complexity index is 1780. The molecule has 2 bridgehead atoms. The van der Waals surface area contributed by atoms with Crippen LogP contribution in [0.2, 0.25) is 0 Å². The van der Waals surface area contributed by atoms with Gasteiger partial charge < -0.3 is 30.6 Å². The summed E-state index contributed by atoms with van der Waals surface area (Å²) < 4.78 is 0. The van der Waals surface area contributed by atoms with Crippen molar-refractivity contribution in [3.63, 3.8) is 0 Å². The summed E-state index contributed by atoms with van der Waals surface area (Å²) in [7, 11) is 0. The molecule has 220 valence electrons. The molecule has 1 saturated carbocycles. The smallest absolute Gasteiger partial charge is 0.337 e. The first kappa shape index (κ1) is 29.0. The average Bonchev–Trinajstić information content (AvgIpc) is 2.95. The molecule has 4 aliphatic rings. The minimum Gasteiger partial charge on any atom is -0.478 e. The highest BCUT2D eigenvalue weighted by atomic mass is 16.4. The second-order valence-electron chi connectivity index (χ2n) is 10.6. The molecular formula is C31H24O12. The maximum atomic E-state index is 13.1. The summed E-state index contributed by atoms with van der Waals surface area (Å²) >= 11 is 0. The fourth-order valence-electron chi connectivity index (χ4n) is 6.90. The van der Waals surface area contributed by atoms with Gasteiger partial charge in [0.15, 0.2) is 0 Å². The third-order valence-corrected chi connectivity index (χ3v) is 8.45. The lowest BCUT2D eigenvalue weighted by molar-refractivity contribution is -0.136. The Labute approximate surface area is 242 Å². The van der Waals surface area contributed by atoms with Crippen LogP contribution in [-0.2, 0) is 9.59 Å². The quantitative estimate of drug-likeness (QED) is 0.247. The Kier molecular flexibility index (Phi) is 7.00. The van der Waals surface area contributed by atoms with Crippen molar-refractivity contribution in [2.45, 2.75) is 43.9 Å². The van der Waals surface area contributed by atoms with Crippen LogP contribution < -0.4 is 0 Å². The number of rotatable bonds is 8. The molecule has 2 aromatic carbocycles. The topological polar surface area (TPSA) is 224 Å². The van der Waals surface area contributed by atoms with Crippen molar-refractivity contribution in [1.29, 1.82) is 0 Å². The van der Waals surface area contributed by atoms with Gasteiger partial charge in [-0.25, -0.2) is 28.8 Å². The highest BCUT2D eigenvalue weighted by molar-refractivity contribution is 6.20. The molecule has 0 aliphatic heterocycles. The summed E-state index contributed by atoms with van der Waals surface area (Å²) in [5.41, 5.74) is -5.31. The van der Waals surface area contributed by atoms with E-state index in [1.165, 1.54) is 12.1 Å². The zero-order valence-electron chi connectivity index (χ0n) is 22.3. The molecule has 12 nitrogen and oxygen atoms in total. The van der Waals surface area contributed by atoms with Crippen LogP contribution in [0.1, 0.15) is 102 Å². The van der Waals surface area contributed by atoms with Crippen LogP contribution in [0, 0.1) is 0 Å². The molecule has 0 unspecified atom stereocenters. The largest absolute Gasteiger partial charge is 0.478 e. The van der Waals surface area contributed by atoms with E-state index in [4.69, 9.17) is 0 Å². The van der Waals surface area contributed by atoms with E-state index in [1.54, 1.807) is 0 Å². The first-order valence-electron chi connectivity index (χ1n) is 13.2. The van der Waals surface area contributed by atoms with Gasteiger partial charge in [0.25, 0.3) is 0 Å². The number of carboxylic acid groups (broad SMARTS) is 6. The van der Waals surface area contributed by atoms with Gasteiger partial charge in [0.05, 0.1) is 33.4 Å². The molecule has 2 aromatic rings. The van der Waals surface area contributed by atoms with Crippen molar-refractivity contribution in [2.24, 2.45) is 0 Å². The van der Waals surface area contributed by atoms with Gasteiger partial charge in [-0.05, 0) is 77.8 Å². The molecule has 0 atom stereocenters. The molecular weight excluding hydrogens is 564 g/mol. The van der Waals surface area contributed by atoms with Gasteiger partial charge in [0, 0.05) is 11.1 Å². The van der Waals surface area contributed by atoms with Gasteiger partial charge in [0.2, 0.25) is 0 Å². The van der Waals surface area contributed by atoms with Crippen LogP contribution in [0.25, 0.3) is 16.7 Å². The Hall–Kier alpha value is -5.52. The fraction of sp³-hybridized carbons (Fsp3) is 0.226. The van der Waals surface area contributed by atoms with Crippen molar-refractivity contribution in [3.05, 3.63) is 86.5 Å². The van der Waals surface area contributed by atoms with E-state index in [1.807, 2.05) is 0 Å². The summed E-state index contributed by atoms with van der Waals surface area (Å²) in [6, 6.07) is 3.55. The van der Waals surface area contributed by atoms with E-state index in [9.17, 15) is 59.4 Å². The molecule has 0 heterocycles. The number of aromatic carboxylic acids is 4. The van der Waals surface area contributed by atoms with E-state index >= 15 is 0 Å². The predicted molar refractivity (Wildman–Crippen MR) is 148 cm³/mol. The maximum absolute atomic E-state index is 13.1. The number of allylic oxidation sites excluding steroid dienone is 3. The van der Waals surface area contributed by atoms with Crippen LogP contribution >= 0.6 is 0 Å². The zero-order valence-corrected chi connectivity index (χ0v) is 22.3. The average molecular weight is 589 g/mol. The summed E-state index contributed by atoms with van der Waals surface area (Å²) in [5.74, 6) is -10.9. The lowest BCUT2D eigenvalue weighted by Gasteiger charge is -2.42. The lowest BCUT2D eigenvalue weighted by Crippen LogP contribution is -2.29. The Morgan fingerprint density at radius 3 is 1.67 bits per heavy atom. The van der Waals surface area contributed by atoms with Gasteiger partial charge in [-0.15, -0.1) is 0 Å². The van der Waals surface area contributed by atoms with Crippen molar-refractivity contribution in [3.8, 4) is 11.1 Å². The first-order valence-corrected chi connectivity index (χ1v) is 13.2. The highest BCUT2D eigenvalue weighted by Gasteiger charge is 2.45. The molecule has 12 heteroatoms. The Morgan fingerprint density at radius 2 is 1.19 bits per heavy atom. The van der Waals surface area contributed by atoms with Gasteiger partial charge in [-0.3, -0.25) is 0 Å². The lowest BCUT2D eigenvalue weighted by atomic mass is 9.61. The molecule has 0 aromatic heterocycles. The van der Waals surface area contributed by atoms with Crippen LogP contribution in [-0.4, -0.2) is 66.5 Å². The molecule has 43 heavy (non-hydrogen) atoms. The van der Waals surface area contributed by atoms with E-state index in [-0.39, 0.29) is 28.7 Å². The minimum atomic E-state index is -1.78. The normalized spacial score (nSPS) is 19.0. The minimum absolute atomic E-state index is 0.0466. The number of aliphatic carboxylic acids is 2. The molecule has 0 amide bonds. The van der Waals surface area contributed by atoms with E-state index in [0.29, 0.717) is 31.2 Å². The summed E-state index contributed by atoms with van der Waals surface area (Å²) in [4.78, 5) is 75.5. The number of carboxylic acids is 6. The van der Waals surface area contributed by atoms with E-state index < -0.39 is 92.2 Å². The van der Waals surface area contributed by atoms with Gasteiger partial charge in [-0.1, -0.05) is 24.8 Å². The van der Waals surface area contributed by atoms with Crippen molar-refractivity contribution < 1.29 is 59.4 Å². The molecule has 6 rings (SSSR count). The molecule has 4 aliphatic carbocycles. The molecule has 6 N–H and O–H groups in total. The maximum Gasteiger partial charge on any atom is 0.337 e. The predicted octanol–water partition coefficient (Wildman–Crippen LogP) is 4.71. The third kappa shape index (κ3) is 4.38. The number of hydrogen-bond donors (Lipinski definition) is 6. The first-order chi connectivity index (χ1) is 20.3. The van der Waals surface area contributed by atoms with Crippen LogP contribution in [0.15, 0.2) is 47.6 Å². The number of benzene rings is 2. The van der Waals surface area contributed by atoms with Gasteiger partial charge in [-0.2, -0.15) is 0 Å². The molecule has 1 fully saturated rings. The van der Waals surface area contributed by atoms with Crippen molar-refractivity contribution >= 4 is 41.4 Å². The third-order valence-electron chi connectivity index (χ3n) is 8.45. The van der Waals surface area contributed by atoms with E-state index in [2.05, 4.69) is 6.58 Å². The Balaban J connectivity index is 2.16. The molecule has 0 spiro atoms. The summed E-state index contributed by atoms with van der Waals surface area (Å²) in [6.45, 7) is 3.86.